The molecule has 0 bridgehead atoms. The van der Waals surface area contributed by atoms with Crippen LogP contribution in [0, 0.1) is 0 Å². The first-order valence-electron chi connectivity index (χ1n) is 4.75. The number of carboxylic acid groups (broad SMARTS) is 1. The maximum Gasteiger partial charge on any atom is 0.303 e. The Bertz CT molecular complexity index is 478. The van der Waals surface area contributed by atoms with Gasteiger partial charge in [-0.1, -0.05) is 0 Å². The average molecular weight is 205 g/mol. The summed E-state index contributed by atoms with van der Waals surface area (Å²) in [5.74, 6) is -0.760. The largest absolute Gasteiger partial charge is 0.481 e. The molecule has 2 heterocycles. The smallest absolute Gasteiger partial charge is 0.303 e. The van der Waals surface area contributed by atoms with Gasteiger partial charge in [-0.3, -0.25) is 9.78 Å². The fourth-order valence-corrected chi connectivity index (χ4v) is 1.51. The highest BCUT2D eigenvalue weighted by Gasteiger charge is 2.04. The fraction of sp³-hybridized carbons (Fsp3) is 0.300. The summed E-state index contributed by atoms with van der Waals surface area (Å²) in [7, 11) is 0. The zero-order valence-corrected chi connectivity index (χ0v) is 8.13. The second-order valence-corrected chi connectivity index (χ2v) is 3.32. The van der Waals surface area contributed by atoms with Crippen molar-refractivity contribution >= 4 is 11.5 Å². The van der Waals surface area contributed by atoms with Crippen LogP contribution in [0.2, 0.25) is 0 Å². The van der Waals surface area contributed by atoms with Crippen molar-refractivity contribution in [3.63, 3.8) is 0 Å². The zero-order valence-electron chi connectivity index (χ0n) is 8.13. The number of carbonyl (C=O) groups is 1. The average Bonchev–Trinajstić information content (AvgIpc) is 2.62. The lowest BCUT2D eigenvalue weighted by molar-refractivity contribution is -0.137. The number of aliphatic carboxylic acids is 1. The molecule has 2 rings (SSSR count). The molecule has 0 aliphatic carbocycles. The van der Waals surface area contributed by atoms with Gasteiger partial charge in [0, 0.05) is 18.8 Å². The number of hydrogen-bond acceptors (Lipinski definition) is 3. The van der Waals surface area contributed by atoms with Gasteiger partial charge in [0.2, 0.25) is 0 Å². The van der Waals surface area contributed by atoms with E-state index in [1.165, 1.54) is 0 Å². The van der Waals surface area contributed by atoms with Crippen LogP contribution >= 0.6 is 0 Å². The molecule has 0 unspecified atom stereocenters. The quantitative estimate of drug-likeness (QED) is 0.812. The lowest BCUT2D eigenvalue weighted by Crippen LogP contribution is -1.95. The minimum absolute atomic E-state index is 0.192. The Hall–Kier alpha value is -1.91. The van der Waals surface area contributed by atoms with Crippen LogP contribution < -0.4 is 0 Å². The second kappa shape index (κ2) is 4.08. The molecule has 0 saturated heterocycles. The summed E-state index contributed by atoms with van der Waals surface area (Å²) in [6.07, 6.45) is 8.49. The summed E-state index contributed by atoms with van der Waals surface area (Å²) in [6.45, 7) is 0. The van der Waals surface area contributed by atoms with Crippen LogP contribution in [0.4, 0.5) is 0 Å². The van der Waals surface area contributed by atoms with Crippen LogP contribution in [0.15, 0.2) is 24.8 Å². The summed E-state index contributed by atoms with van der Waals surface area (Å²) in [4.78, 5) is 14.4. The third kappa shape index (κ3) is 2.12. The maximum absolute atomic E-state index is 10.4. The highest BCUT2D eigenvalue weighted by Crippen LogP contribution is 2.11. The van der Waals surface area contributed by atoms with Crippen molar-refractivity contribution in [2.24, 2.45) is 0 Å². The van der Waals surface area contributed by atoms with E-state index in [1.54, 1.807) is 29.3 Å². The Morgan fingerprint density at radius 1 is 1.47 bits per heavy atom. The maximum atomic E-state index is 10.4. The fourth-order valence-electron chi connectivity index (χ4n) is 1.51. The Kier molecular flexibility index (Phi) is 2.62. The molecular formula is C10H11N3O2. The first-order valence-corrected chi connectivity index (χ1v) is 4.75. The molecule has 5 heteroatoms. The minimum atomic E-state index is -0.760. The van der Waals surface area contributed by atoms with Gasteiger partial charge in [0.05, 0.1) is 17.9 Å². The molecule has 0 spiro atoms. The van der Waals surface area contributed by atoms with Gasteiger partial charge in [-0.15, -0.1) is 0 Å². The monoisotopic (exact) mass is 205 g/mol. The van der Waals surface area contributed by atoms with E-state index in [0.717, 1.165) is 17.5 Å². The SMILES string of the molecule is O=C(O)CCCc1cnn2ccncc12. The van der Waals surface area contributed by atoms with Gasteiger partial charge in [0.25, 0.3) is 0 Å². The summed E-state index contributed by atoms with van der Waals surface area (Å²) in [5, 5.41) is 12.7. The lowest BCUT2D eigenvalue weighted by atomic mass is 10.1. The van der Waals surface area contributed by atoms with E-state index in [4.69, 9.17) is 5.11 Å². The Morgan fingerprint density at radius 2 is 2.33 bits per heavy atom. The van der Waals surface area contributed by atoms with Crippen molar-refractivity contribution in [1.29, 1.82) is 0 Å². The first-order chi connectivity index (χ1) is 7.27. The van der Waals surface area contributed by atoms with Gasteiger partial charge in [-0.05, 0) is 18.4 Å². The summed E-state index contributed by atoms with van der Waals surface area (Å²) >= 11 is 0. The molecule has 15 heavy (non-hydrogen) atoms. The molecule has 1 N–H and O–H groups in total. The molecule has 0 aliphatic heterocycles. The van der Waals surface area contributed by atoms with Gasteiger partial charge in [0.1, 0.15) is 0 Å². The lowest BCUT2D eigenvalue weighted by Gasteiger charge is -1.96. The molecular weight excluding hydrogens is 194 g/mol. The second-order valence-electron chi connectivity index (χ2n) is 3.32. The molecule has 0 aliphatic rings. The highest BCUT2D eigenvalue weighted by atomic mass is 16.4. The Labute approximate surface area is 86.4 Å². The van der Waals surface area contributed by atoms with Crippen molar-refractivity contribution in [1.82, 2.24) is 14.6 Å². The minimum Gasteiger partial charge on any atom is -0.481 e. The molecule has 0 aromatic carbocycles. The predicted molar refractivity (Wildman–Crippen MR) is 53.6 cm³/mol. The van der Waals surface area contributed by atoms with E-state index in [2.05, 4.69) is 10.1 Å². The van der Waals surface area contributed by atoms with Crippen molar-refractivity contribution in [2.75, 3.05) is 0 Å². The molecule has 0 fully saturated rings. The van der Waals surface area contributed by atoms with E-state index in [1.807, 2.05) is 0 Å². The molecule has 5 nitrogen and oxygen atoms in total. The molecule has 0 atom stereocenters. The van der Waals surface area contributed by atoms with E-state index >= 15 is 0 Å². The van der Waals surface area contributed by atoms with Crippen LogP contribution in [0.1, 0.15) is 18.4 Å². The van der Waals surface area contributed by atoms with Gasteiger partial charge in [-0.25, -0.2) is 4.52 Å². The normalized spacial score (nSPS) is 10.7. The Morgan fingerprint density at radius 3 is 3.13 bits per heavy atom. The van der Waals surface area contributed by atoms with Crippen LogP contribution in [0.5, 0.6) is 0 Å². The van der Waals surface area contributed by atoms with Crippen molar-refractivity contribution in [3.8, 4) is 0 Å². The van der Waals surface area contributed by atoms with Crippen molar-refractivity contribution in [2.45, 2.75) is 19.3 Å². The van der Waals surface area contributed by atoms with Gasteiger partial charge in [0.15, 0.2) is 0 Å². The van der Waals surface area contributed by atoms with Crippen molar-refractivity contribution < 1.29 is 9.90 Å². The zero-order chi connectivity index (χ0) is 10.7. The van der Waals surface area contributed by atoms with E-state index in [9.17, 15) is 4.79 Å². The van der Waals surface area contributed by atoms with Crippen LogP contribution in [-0.4, -0.2) is 25.7 Å². The predicted octanol–water partition coefficient (Wildman–Crippen LogP) is 1.14. The summed E-state index contributed by atoms with van der Waals surface area (Å²) < 4.78 is 1.74. The highest BCUT2D eigenvalue weighted by molar-refractivity contribution is 5.66. The Balaban J connectivity index is 2.11. The third-order valence-electron chi connectivity index (χ3n) is 2.24. The number of hydrogen-bond donors (Lipinski definition) is 1. The third-order valence-corrected chi connectivity index (χ3v) is 2.24. The van der Waals surface area contributed by atoms with Gasteiger partial charge >= 0.3 is 5.97 Å². The van der Waals surface area contributed by atoms with Crippen molar-refractivity contribution in [3.05, 3.63) is 30.4 Å². The number of nitrogens with zero attached hydrogens (tertiary/aromatic N) is 3. The standard InChI is InChI=1S/C10H11N3O2/c14-10(15)3-1-2-8-6-12-13-5-4-11-7-9(8)13/h4-7H,1-3H2,(H,14,15). The number of aromatic nitrogens is 3. The van der Waals surface area contributed by atoms with Crippen LogP contribution in [0.25, 0.3) is 5.52 Å². The number of fused-ring (bicyclic) bond motifs is 1. The van der Waals surface area contributed by atoms with Gasteiger partial charge < -0.3 is 5.11 Å². The van der Waals surface area contributed by atoms with Crippen LogP contribution in [0.3, 0.4) is 0 Å². The van der Waals surface area contributed by atoms with E-state index in [-0.39, 0.29) is 6.42 Å². The molecule has 2 aromatic heterocycles. The number of carboxylic acids is 1. The number of rotatable bonds is 4. The van der Waals surface area contributed by atoms with E-state index in [0.29, 0.717) is 6.42 Å². The summed E-state index contributed by atoms with van der Waals surface area (Å²) in [5.41, 5.74) is 1.99. The summed E-state index contributed by atoms with van der Waals surface area (Å²) in [6, 6.07) is 0. The molecule has 0 radical (unpaired) electrons. The molecule has 0 saturated carbocycles. The van der Waals surface area contributed by atoms with E-state index < -0.39 is 5.97 Å². The van der Waals surface area contributed by atoms with Crippen LogP contribution in [-0.2, 0) is 11.2 Å². The molecule has 2 aromatic rings. The molecule has 0 amide bonds. The first kappa shape index (κ1) is 9.64. The number of aryl methyl sites for hydroxylation is 1. The van der Waals surface area contributed by atoms with Gasteiger partial charge in [-0.2, -0.15) is 5.10 Å². The topological polar surface area (TPSA) is 67.5 Å². The molecule has 78 valence electrons.